The zero-order valence-electron chi connectivity index (χ0n) is 14.9. The van der Waals surface area contributed by atoms with Crippen molar-refractivity contribution in [3.05, 3.63) is 36.5 Å². The first-order valence-electron chi connectivity index (χ1n) is 7.78. The van der Waals surface area contributed by atoms with E-state index < -0.39 is 17.9 Å². The van der Waals surface area contributed by atoms with Gasteiger partial charge in [-0.1, -0.05) is 53.3 Å². The molecular weight excluding hydrogens is 312 g/mol. The number of carboxylic acid groups (broad SMARTS) is 3. The predicted octanol–water partition coefficient (Wildman–Crippen LogP) is 4.28. The molecule has 0 aromatic rings. The molecule has 0 unspecified atom stereocenters. The summed E-state index contributed by atoms with van der Waals surface area (Å²) in [6.07, 6.45) is 4.53. The minimum absolute atomic E-state index is 0.264. The summed E-state index contributed by atoms with van der Waals surface area (Å²) in [6.45, 7) is 15.7. The fourth-order valence-electron chi connectivity index (χ4n) is 1.06. The molecule has 6 nitrogen and oxygen atoms in total. The largest absolute Gasteiger partial charge is 0.478 e. The van der Waals surface area contributed by atoms with Gasteiger partial charge in [-0.15, -0.1) is 0 Å². The molecule has 0 bridgehead atoms. The van der Waals surface area contributed by atoms with Crippen LogP contribution in [0.5, 0.6) is 0 Å². The van der Waals surface area contributed by atoms with E-state index in [4.69, 9.17) is 15.3 Å². The van der Waals surface area contributed by atoms with Crippen molar-refractivity contribution < 1.29 is 29.7 Å². The highest BCUT2D eigenvalue weighted by atomic mass is 16.4. The summed E-state index contributed by atoms with van der Waals surface area (Å²) in [5.41, 5.74) is 0.879. The third-order valence-corrected chi connectivity index (χ3v) is 2.72. The van der Waals surface area contributed by atoms with Gasteiger partial charge < -0.3 is 15.3 Å². The number of carbonyl (C=O) groups is 3. The van der Waals surface area contributed by atoms with Crippen LogP contribution in [0, 0.1) is 0 Å². The van der Waals surface area contributed by atoms with Crippen molar-refractivity contribution >= 4 is 17.9 Å². The molecule has 0 rings (SSSR count). The normalized spacial score (nSPS) is 8.62. The van der Waals surface area contributed by atoms with Crippen LogP contribution in [0.1, 0.15) is 59.3 Å². The molecule has 0 saturated heterocycles. The molecule has 0 aromatic carbocycles. The van der Waals surface area contributed by atoms with Crippen molar-refractivity contribution in [1.29, 1.82) is 0 Å². The third kappa shape index (κ3) is 19.6. The molecule has 0 aromatic heterocycles. The molecule has 138 valence electrons. The minimum Gasteiger partial charge on any atom is -0.478 e. The highest BCUT2D eigenvalue weighted by Crippen LogP contribution is 2.03. The zero-order valence-corrected chi connectivity index (χ0v) is 14.9. The van der Waals surface area contributed by atoms with Crippen LogP contribution in [0.4, 0.5) is 0 Å². The Morgan fingerprint density at radius 3 is 1.21 bits per heavy atom. The topological polar surface area (TPSA) is 112 Å². The fourth-order valence-corrected chi connectivity index (χ4v) is 1.06. The third-order valence-electron chi connectivity index (χ3n) is 2.72. The molecule has 0 heterocycles. The summed E-state index contributed by atoms with van der Waals surface area (Å²) in [7, 11) is 0. The van der Waals surface area contributed by atoms with Gasteiger partial charge in [0, 0.05) is 16.7 Å². The van der Waals surface area contributed by atoms with Crippen LogP contribution in [-0.2, 0) is 14.4 Å². The number of unbranched alkanes of at least 4 members (excludes halogenated alkanes) is 1. The molecule has 0 fully saturated rings. The second kappa shape index (κ2) is 17.0. The van der Waals surface area contributed by atoms with Crippen LogP contribution in [0.15, 0.2) is 36.5 Å². The lowest BCUT2D eigenvalue weighted by Gasteiger charge is -1.95. The number of rotatable bonds is 9. The van der Waals surface area contributed by atoms with Gasteiger partial charge in [-0.3, -0.25) is 0 Å². The molecule has 0 aliphatic rings. The Kier molecular flexibility index (Phi) is 18.8. The summed E-state index contributed by atoms with van der Waals surface area (Å²) >= 11 is 0. The van der Waals surface area contributed by atoms with E-state index in [0.29, 0.717) is 30.4 Å². The minimum atomic E-state index is -0.900. The molecule has 3 N–H and O–H groups in total. The lowest BCUT2D eigenvalue weighted by atomic mass is 10.1. The van der Waals surface area contributed by atoms with E-state index in [-0.39, 0.29) is 5.57 Å². The highest BCUT2D eigenvalue weighted by molar-refractivity contribution is 5.86. The number of aliphatic carboxylic acids is 3. The van der Waals surface area contributed by atoms with Gasteiger partial charge in [0.1, 0.15) is 0 Å². The first-order valence-corrected chi connectivity index (χ1v) is 7.78. The summed E-state index contributed by atoms with van der Waals surface area (Å²) in [5.74, 6) is -2.65. The lowest BCUT2D eigenvalue weighted by Crippen LogP contribution is -1.97. The van der Waals surface area contributed by atoms with E-state index in [1.165, 1.54) is 0 Å². The maximum Gasteiger partial charge on any atom is 0.330 e. The number of hydrogen-bond donors (Lipinski definition) is 3. The molecule has 0 amide bonds. The summed E-state index contributed by atoms with van der Waals surface area (Å²) in [4.78, 5) is 29.9. The standard InChI is InChI=1S/C7H12O2.C6H10O2.C5H8O2/c1-3-4-5-6(2)7(8)9;1-3-4-5(2)6(7)8;1-3-4(2)5(6)7/h2-5H2,1H3,(H,8,9);2-4H2,1H3,(H,7,8);2-3H2,1H3,(H,6,7). The van der Waals surface area contributed by atoms with Gasteiger partial charge in [-0.25, -0.2) is 14.4 Å². The Balaban J connectivity index is -0.000000278. The van der Waals surface area contributed by atoms with Gasteiger partial charge in [-0.2, -0.15) is 0 Å². The van der Waals surface area contributed by atoms with E-state index >= 15 is 0 Å². The van der Waals surface area contributed by atoms with Crippen molar-refractivity contribution in [3.8, 4) is 0 Å². The van der Waals surface area contributed by atoms with Crippen LogP contribution in [-0.4, -0.2) is 33.2 Å². The average Bonchev–Trinajstić information content (AvgIpc) is 2.52. The van der Waals surface area contributed by atoms with Crippen molar-refractivity contribution in [2.75, 3.05) is 0 Å². The first kappa shape index (κ1) is 26.5. The molecule has 0 aliphatic carbocycles. The molecule has 0 spiro atoms. The van der Waals surface area contributed by atoms with Gasteiger partial charge in [0.2, 0.25) is 0 Å². The highest BCUT2D eigenvalue weighted by Gasteiger charge is 2.00. The van der Waals surface area contributed by atoms with Gasteiger partial charge in [0.15, 0.2) is 0 Å². The van der Waals surface area contributed by atoms with Gasteiger partial charge in [0.05, 0.1) is 0 Å². The Morgan fingerprint density at radius 2 is 1.04 bits per heavy atom. The summed E-state index contributed by atoms with van der Waals surface area (Å²) in [6, 6.07) is 0. The first-order chi connectivity index (χ1) is 11.0. The van der Waals surface area contributed by atoms with E-state index in [0.717, 1.165) is 19.3 Å². The van der Waals surface area contributed by atoms with Crippen molar-refractivity contribution in [2.24, 2.45) is 0 Å². The fraction of sp³-hybridized carbons (Fsp3) is 0.500. The van der Waals surface area contributed by atoms with Crippen molar-refractivity contribution in [1.82, 2.24) is 0 Å². The molecule has 0 saturated carbocycles. The maximum atomic E-state index is 10.1. The molecular formula is C18H30O6. The van der Waals surface area contributed by atoms with Gasteiger partial charge in [-0.05, 0) is 25.7 Å². The Labute approximate surface area is 144 Å². The van der Waals surface area contributed by atoms with E-state index in [2.05, 4.69) is 19.7 Å². The Hall–Kier alpha value is -2.37. The van der Waals surface area contributed by atoms with Gasteiger partial charge in [0.25, 0.3) is 0 Å². The van der Waals surface area contributed by atoms with Gasteiger partial charge >= 0.3 is 17.9 Å². The molecule has 0 aliphatic heterocycles. The monoisotopic (exact) mass is 342 g/mol. The quantitative estimate of drug-likeness (QED) is 0.539. The molecule has 0 atom stereocenters. The van der Waals surface area contributed by atoms with Crippen LogP contribution >= 0.6 is 0 Å². The van der Waals surface area contributed by atoms with E-state index in [9.17, 15) is 14.4 Å². The van der Waals surface area contributed by atoms with E-state index in [1.54, 1.807) is 6.92 Å². The SMILES string of the molecule is C=C(CC)C(=O)O.C=C(CCC)C(=O)O.C=C(CCCC)C(=O)O. The van der Waals surface area contributed by atoms with Crippen LogP contribution < -0.4 is 0 Å². The average molecular weight is 342 g/mol. The maximum absolute atomic E-state index is 10.1. The Morgan fingerprint density at radius 1 is 0.667 bits per heavy atom. The number of hydrogen-bond acceptors (Lipinski definition) is 3. The second-order valence-electron chi connectivity index (χ2n) is 4.93. The predicted molar refractivity (Wildman–Crippen MR) is 95.1 cm³/mol. The number of carboxylic acids is 3. The smallest absolute Gasteiger partial charge is 0.330 e. The lowest BCUT2D eigenvalue weighted by molar-refractivity contribution is -0.133. The Bertz CT molecular complexity index is 448. The van der Waals surface area contributed by atoms with Crippen LogP contribution in [0.3, 0.4) is 0 Å². The summed E-state index contributed by atoms with van der Waals surface area (Å²) in [5, 5.41) is 24.6. The molecule has 6 heteroatoms. The molecule has 24 heavy (non-hydrogen) atoms. The van der Waals surface area contributed by atoms with Crippen molar-refractivity contribution in [3.63, 3.8) is 0 Å². The second-order valence-corrected chi connectivity index (χ2v) is 4.93. The van der Waals surface area contributed by atoms with Crippen molar-refractivity contribution in [2.45, 2.75) is 59.3 Å². The molecule has 0 radical (unpaired) electrons. The van der Waals surface area contributed by atoms with Crippen LogP contribution in [0.2, 0.25) is 0 Å². The zero-order chi connectivity index (χ0) is 19.7. The van der Waals surface area contributed by atoms with Crippen LogP contribution in [0.25, 0.3) is 0 Å². The summed E-state index contributed by atoms with van der Waals surface area (Å²) < 4.78 is 0. The van der Waals surface area contributed by atoms with E-state index in [1.807, 2.05) is 13.8 Å².